The number of aliphatic hydroxyl groups is 1. The summed E-state index contributed by atoms with van der Waals surface area (Å²) in [5.41, 5.74) is 4.50. The normalized spacial score (nSPS) is 18.2. The van der Waals surface area contributed by atoms with Crippen molar-refractivity contribution in [2.45, 2.75) is 99.7 Å². The highest BCUT2D eigenvalue weighted by Crippen LogP contribution is 2.38. The Morgan fingerprint density at radius 1 is 0.425 bits per heavy atom. The number of aromatic amines is 4. The number of amides is 4. The van der Waals surface area contributed by atoms with Crippen LogP contribution in [0.5, 0.6) is 0 Å². The molecule has 16 heterocycles. The molecule has 0 aromatic carbocycles. The minimum Gasteiger partial charge on any atom is -0.391 e. The lowest BCUT2D eigenvalue weighted by molar-refractivity contribution is -0.139. The molecule has 0 unspecified atom stereocenters. The van der Waals surface area contributed by atoms with Gasteiger partial charge in [0.15, 0.2) is 46.6 Å². The molecule has 0 aliphatic carbocycles. The van der Waals surface area contributed by atoms with E-state index in [0.717, 1.165) is 33.0 Å². The molecule has 12 aromatic rings. The van der Waals surface area contributed by atoms with Crippen molar-refractivity contribution in [2.24, 2.45) is 0 Å². The van der Waals surface area contributed by atoms with Crippen LogP contribution in [0.15, 0.2) is 111 Å². The van der Waals surface area contributed by atoms with E-state index in [1.54, 1.807) is 87.8 Å². The molecule has 120 heavy (non-hydrogen) atoms. The zero-order chi connectivity index (χ0) is 85.9. The first-order valence-electron chi connectivity index (χ1n) is 35.9. The van der Waals surface area contributed by atoms with Crippen LogP contribution in [0, 0.1) is 11.6 Å². The maximum atomic E-state index is 14.6. The van der Waals surface area contributed by atoms with Crippen LogP contribution < -0.4 is 40.9 Å². The van der Waals surface area contributed by atoms with Crippen molar-refractivity contribution in [3.63, 3.8) is 0 Å². The molecule has 4 fully saturated rings. The Bertz CT molecular complexity index is 5430. The number of fused-ring (bicyclic) bond motifs is 4. The maximum Gasteiger partial charge on any atom is 0.405 e. The molecule has 4 amide bonds. The number of hydrogen-bond donors (Lipinski definition) is 9. The fourth-order valence-electron chi connectivity index (χ4n) is 13.7. The van der Waals surface area contributed by atoms with E-state index in [1.807, 2.05) is 10.6 Å². The van der Waals surface area contributed by atoms with E-state index in [9.17, 15) is 90.1 Å². The Morgan fingerprint density at radius 2 is 0.733 bits per heavy atom. The average Bonchev–Trinajstić information content (AvgIpc) is 1.89. The van der Waals surface area contributed by atoms with E-state index in [2.05, 4.69) is 79.7 Å². The van der Waals surface area contributed by atoms with Crippen molar-refractivity contribution < 1.29 is 93.0 Å². The number of aromatic nitrogens is 16. The molecule has 9 N–H and O–H groups in total. The van der Waals surface area contributed by atoms with E-state index in [1.165, 1.54) is 31.0 Å². The maximum absolute atomic E-state index is 14.6. The molecule has 636 valence electrons. The lowest BCUT2D eigenvalue weighted by Gasteiger charge is -2.25. The van der Waals surface area contributed by atoms with Crippen LogP contribution in [-0.2, 0) is 19.2 Å². The summed E-state index contributed by atoms with van der Waals surface area (Å²) in [4.78, 5) is 117. The Labute approximate surface area is 688 Å². The number of β-amino-alcohol motifs (C(OH)–C–C–N with tert-alkyl or cyclic N) is 1. The largest absolute Gasteiger partial charge is 0.405 e. The van der Waals surface area contributed by atoms with Crippen molar-refractivity contribution >= 4 is 137 Å². The first-order valence-corrected chi connectivity index (χ1v) is 37.4. The van der Waals surface area contributed by atoms with Gasteiger partial charge in [-0.25, -0.2) is 73.0 Å². The summed E-state index contributed by atoms with van der Waals surface area (Å²) >= 11 is 24.0. The molecule has 0 bridgehead atoms. The molecule has 0 radical (unpaired) electrons. The molecule has 16 rings (SSSR count). The zero-order valence-corrected chi connectivity index (χ0v) is 64.2. The van der Waals surface area contributed by atoms with Crippen molar-refractivity contribution in [1.82, 2.24) is 101 Å². The van der Waals surface area contributed by atoms with Gasteiger partial charge >= 0.3 is 24.7 Å². The Morgan fingerprint density at radius 3 is 1.07 bits per heavy atom. The van der Waals surface area contributed by atoms with Gasteiger partial charge in [-0.05, 0) is 62.1 Å². The number of carbonyl (C=O) groups excluding carboxylic acids is 4. The number of pyridine rings is 4. The van der Waals surface area contributed by atoms with Gasteiger partial charge in [0.25, 0.3) is 0 Å². The number of hydrogen-bond acceptors (Lipinski definition) is 21. The third kappa shape index (κ3) is 20.7. The van der Waals surface area contributed by atoms with E-state index in [-0.39, 0.29) is 39.1 Å². The monoisotopic (exact) mass is 1770 g/mol. The number of aliphatic hydroxyl groups excluding tert-OH is 1. The summed E-state index contributed by atoms with van der Waals surface area (Å²) in [6, 6.07) is 5.99. The van der Waals surface area contributed by atoms with Gasteiger partial charge in [0, 0.05) is 141 Å². The summed E-state index contributed by atoms with van der Waals surface area (Å²) < 4.78 is 192. The highest BCUT2D eigenvalue weighted by Gasteiger charge is 2.44. The Kier molecular flexibility index (Phi) is 25.6. The van der Waals surface area contributed by atoms with Crippen molar-refractivity contribution in [3.8, 4) is 45.6 Å². The third-order valence-electron chi connectivity index (χ3n) is 18.9. The molecule has 29 nitrogen and oxygen atoms in total. The lowest BCUT2D eigenvalue weighted by atomic mass is 10.2. The molecular formula is C72H65Cl4F15N24O5. The van der Waals surface area contributed by atoms with E-state index >= 15 is 0 Å². The lowest BCUT2D eigenvalue weighted by Crippen LogP contribution is -2.46. The second-order valence-corrected chi connectivity index (χ2v) is 29.1. The van der Waals surface area contributed by atoms with Crippen molar-refractivity contribution in [3.05, 3.63) is 142 Å². The number of nitrogens with zero attached hydrogens (tertiary/aromatic N) is 16. The van der Waals surface area contributed by atoms with Gasteiger partial charge in [0.1, 0.15) is 90.7 Å². The molecule has 12 aromatic heterocycles. The second kappa shape index (κ2) is 35.7. The first-order chi connectivity index (χ1) is 56.9. The number of rotatable bonds is 16. The van der Waals surface area contributed by atoms with Crippen LogP contribution >= 0.6 is 46.4 Å². The summed E-state index contributed by atoms with van der Waals surface area (Å²) in [6.07, 6.45) is -1.76. The van der Waals surface area contributed by atoms with Crippen LogP contribution in [0.2, 0.25) is 20.1 Å². The summed E-state index contributed by atoms with van der Waals surface area (Å²) in [5.74, 6) is -4.02. The first kappa shape index (κ1) is 86.1. The SMILES string of the molecule is O=C(NCC(F)(F)F)[C@@H]1CCCN1c1ccnc(-c2c[nH]c3ncc(Cl)cc23)n1.O=C(NCC(F)(F)F)[C@@H]1C[C@@H](O)CN1c1nc(-c2c[nH]c3ncc(Cl)cc23)ncc1F.O=C(NCC(F)(F)F)[C@@H]1C[C@H](F)CN1c1nc(-c2c[nH]c3ncc(Cl)cc23)ncc1F.O=C(NCC(F)(F)F)[C@H]1CCCN1c1ccnc(-c2c[nH]c3ncc(Cl)cc23)n1.[HH].[HH]. The van der Waals surface area contributed by atoms with Crippen LogP contribution in [-0.4, -0.2) is 222 Å². The van der Waals surface area contributed by atoms with Crippen LogP contribution in [0.4, 0.5) is 89.1 Å². The topological polar surface area (TPSA) is 367 Å². The Balaban J connectivity index is 0.000000158. The smallest absolute Gasteiger partial charge is 0.391 e. The predicted octanol–water partition coefficient (Wildman–Crippen LogP) is 13.0. The molecule has 4 aliphatic rings. The average molecular weight is 1770 g/mol. The van der Waals surface area contributed by atoms with Gasteiger partial charge < -0.3 is 65.9 Å². The quantitative estimate of drug-likeness (QED) is 0.0406. The number of carbonyl (C=O) groups is 4. The van der Waals surface area contributed by atoms with Gasteiger partial charge in [-0.2, -0.15) is 52.7 Å². The summed E-state index contributed by atoms with van der Waals surface area (Å²) in [6.45, 7) is -5.37. The molecular weight excluding hydrogens is 1710 g/mol. The van der Waals surface area contributed by atoms with E-state index in [0.29, 0.717) is 138 Å². The fraction of sp³-hybridized carbons (Fsp3) is 0.333. The number of nitrogens with one attached hydrogen (secondary N) is 8. The van der Waals surface area contributed by atoms with E-state index in [4.69, 9.17) is 46.4 Å². The molecule has 4 aliphatic heterocycles. The fourth-order valence-corrected chi connectivity index (χ4v) is 14.4. The number of halogens is 19. The zero-order valence-electron chi connectivity index (χ0n) is 61.2. The molecule has 0 saturated carbocycles. The third-order valence-corrected chi connectivity index (χ3v) is 19.7. The summed E-state index contributed by atoms with van der Waals surface area (Å²) in [7, 11) is 0. The molecule has 48 heteroatoms. The van der Waals surface area contributed by atoms with Crippen LogP contribution in [0.1, 0.15) is 41.4 Å². The summed E-state index contributed by atoms with van der Waals surface area (Å²) in [5, 5.41) is 21.6. The highest BCUT2D eigenvalue weighted by atomic mass is 35.5. The number of alkyl halides is 13. The highest BCUT2D eigenvalue weighted by molar-refractivity contribution is 6.32. The predicted molar refractivity (Wildman–Crippen MR) is 412 cm³/mol. The van der Waals surface area contributed by atoms with Crippen LogP contribution in [0.3, 0.4) is 0 Å². The molecule has 6 atom stereocenters. The van der Waals surface area contributed by atoms with Gasteiger partial charge in [-0.15, -0.1) is 0 Å². The minimum absolute atomic E-state index is 0. The van der Waals surface area contributed by atoms with Crippen molar-refractivity contribution in [2.75, 3.05) is 72.0 Å². The minimum atomic E-state index is -4.63. The standard InChI is InChI=1S/C18H14ClF5N6O.C18H15ClF4N6O2.2C18H16ClF3N6O.2H2/c19-8-1-10-11(4-26-14(10)25-3-8)15-27-5-12(21)16(29-15)30-6-9(20)2-13(30)17(31)28-7-18(22,23)24;19-8-1-10-11(4-25-14(10)24-3-8)15-26-5-12(20)16(28-15)29-6-9(30)2-13(29)17(31)27-7-18(21,22)23;2*19-10-6-11-12(8-25-15(11)24-7-10)16-23-4-3-14(27-16)28-5-1-2-13(28)17(29)26-9-18(20,21)22;;/h1,3-5,9,13H,2,6-7H2,(H,25,26)(H,28,31);1,3-5,9,13,30H,2,6-7H2,(H,24,25)(H,27,31);2*3-4,6-8,13H,1-2,5,9H2,(H,24,25)(H,26,29);2*1H/t9-,13-;9-,13+;2*13-;;/m0110../s1. The molecule has 4 saturated heterocycles. The van der Waals surface area contributed by atoms with Gasteiger partial charge in [-0.3, -0.25) is 19.2 Å². The second-order valence-electron chi connectivity index (χ2n) is 27.3. The van der Waals surface area contributed by atoms with Gasteiger partial charge in [-0.1, -0.05) is 46.4 Å². The van der Waals surface area contributed by atoms with Crippen molar-refractivity contribution in [1.29, 1.82) is 0 Å². The van der Waals surface area contributed by atoms with Crippen LogP contribution in [0.25, 0.3) is 89.7 Å². The Hall–Kier alpha value is -11.8. The number of H-pyrrole nitrogens is 4. The van der Waals surface area contributed by atoms with E-state index < -0.39 is 136 Å². The van der Waals surface area contributed by atoms with Gasteiger partial charge in [0.05, 0.1) is 45.1 Å². The van der Waals surface area contributed by atoms with Gasteiger partial charge in [0.2, 0.25) is 23.6 Å². The molecule has 0 spiro atoms. The number of anilines is 4.